The molecule has 0 aromatic carbocycles. The Hall–Kier alpha value is -0.420. The topological polar surface area (TPSA) is 218 Å². The van der Waals surface area contributed by atoms with E-state index in [2.05, 4.69) is 5.32 Å². The zero-order valence-corrected chi connectivity index (χ0v) is 17.1. The van der Waals surface area contributed by atoms with Crippen LogP contribution in [-0.2, 0) is 23.8 Å². The molecule has 0 aromatic heterocycles. The minimum Gasteiger partial charge on any atom is -0.547 e. The van der Waals surface area contributed by atoms with E-state index in [1.165, 1.54) is 0 Å². The number of carboxylic acids is 1. The Morgan fingerprint density at radius 1 is 1.04 bits per heavy atom. The summed E-state index contributed by atoms with van der Waals surface area (Å²) >= 11 is 0. The fourth-order valence-corrected chi connectivity index (χ4v) is 2.94. The number of rotatable bonds is 5. The number of carbonyl (C=O) groups is 2. The van der Waals surface area contributed by atoms with Crippen LogP contribution in [0.15, 0.2) is 0 Å². The van der Waals surface area contributed by atoms with Crippen molar-refractivity contribution in [2.45, 2.75) is 68.3 Å². The van der Waals surface area contributed by atoms with E-state index in [0.29, 0.717) is 0 Å². The zero-order chi connectivity index (χ0) is 20.5. The van der Waals surface area contributed by atoms with Gasteiger partial charge >= 0.3 is 29.6 Å². The first-order valence-electron chi connectivity index (χ1n) is 8.04. The van der Waals surface area contributed by atoms with Gasteiger partial charge in [0.2, 0.25) is 5.91 Å². The van der Waals surface area contributed by atoms with Crippen LogP contribution in [0.3, 0.4) is 0 Å². The number of aliphatic hydroxyl groups excluding tert-OH is 6. The van der Waals surface area contributed by atoms with E-state index in [4.69, 9.17) is 14.2 Å². The van der Waals surface area contributed by atoms with Gasteiger partial charge in [-0.1, -0.05) is 0 Å². The molecule has 10 atom stereocenters. The van der Waals surface area contributed by atoms with Crippen molar-refractivity contribution in [1.29, 1.82) is 0 Å². The fourth-order valence-electron chi connectivity index (χ4n) is 2.94. The Balaban J connectivity index is 0.00000392. The van der Waals surface area contributed by atoms with Crippen molar-refractivity contribution >= 4 is 11.9 Å². The maximum absolute atomic E-state index is 11.3. The van der Waals surface area contributed by atoms with E-state index in [0.717, 1.165) is 6.92 Å². The Kier molecular flexibility index (Phi) is 9.66. The molecule has 14 heteroatoms. The molecule has 0 saturated carbocycles. The summed E-state index contributed by atoms with van der Waals surface area (Å²) in [6.45, 7) is 0.369. The minimum absolute atomic E-state index is 0. The molecule has 2 aliphatic rings. The predicted molar refractivity (Wildman–Crippen MR) is 78.1 cm³/mol. The molecule has 0 aliphatic carbocycles. The van der Waals surface area contributed by atoms with E-state index < -0.39 is 79.8 Å². The summed E-state index contributed by atoms with van der Waals surface area (Å²) in [6.07, 6.45) is -16.1. The second-order valence-electron chi connectivity index (χ2n) is 6.28. The van der Waals surface area contributed by atoms with Crippen molar-refractivity contribution in [3.63, 3.8) is 0 Å². The van der Waals surface area contributed by atoms with Crippen LogP contribution in [0.1, 0.15) is 6.92 Å². The average Bonchev–Trinajstić information content (AvgIpc) is 2.60. The molecule has 2 aliphatic heterocycles. The number of aliphatic hydroxyl groups is 6. The molecule has 2 heterocycles. The molecule has 0 spiro atoms. The molecule has 1 amide bonds. The van der Waals surface area contributed by atoms with Crippen LogP contribution in [-0.4, -0.2) is 110 Å². The molecule has 156 valence electrons. The van der Waals surface area contributed by atoms with Crippen molar-refractivity contribution in [3.05, 3.63) is 0 Å². The van der Waals surface area contributed by atoms with Crippen LogP contribution < -0.4 is 40.0 Å². The molecule has 0 radical (unpaired) electrons. The van der Waals surface area contributed by atoms with Gasteiger partial charge in [0.05, 0.1) is 12.6 Å². The van der Waals surface area contributed by atoms with E-state index >= 15 is 0 Å². The van der Waals surface area contributed by atoms with Gasteiger partial charge < -0.3 is 60.1 Å². The summed E-state index contributed by atoms with van der Waals surface area (Å²) in [6, 6.07) is -1.39. The van der Waals surface area contributed by atoms with E-state index in [-0.39, 0.29) is 29.6 Å². The molecule has 2 rings (SSSR count). The third-order valence-corrected chi connectivity index (χ3v) is 4.34. The maximum Gasteiger partial charge on any atom is 1.00 e. The quantitative estimate of drug-likeness (QED) is 0.207. The third-order valence-electron chi connectivity index (χ3n) is 4.34. The molecule has 2 saturated heterocycles. The SMILES string of the molecule is CC(=O)NC1C(O)OC(CO)C(O)C1OC1OC(C(=O)[O-])C(O)C(O)C1O.[Na+]. The van der Waals surface area contributed by atoms with Gasteiger partial charge in [-0.25, -0.2) is 0 Å². The molecule has 0 aromatic rings. The molecular weight excluding hydrogens is 397 g/mol. The molecule has 7 N–H and O–H groups in total. The van der Waals surface area contributed by atoms with Crippen LogP contribution in [0.4, 0.5) is 0 Å². The van der Waals surface area contributed by atoms with Crippen LogP contribution in [0, 0.1) is 0 Å². The van der Waals surface area contributed by atoms with Gasteiger partial charge in [-0.05, 0) is 0 Å². The van der Waals surface area contributed by atoms with Gasteiger partial charge in [0.15, 0.2) is 12.6 Å². The first kappa shape index (κ1) is 25.6. The van der Waals surface area contributed by atoms with Crippen molar-refractivity contribution in [2.75, 3.05) is 6.61 Å². The number of nitrogens with one attached hydrogen (secondary N) is 1. The maximum atomic E-state index is 11.3. The summed E-state index contributed by atoms with van der Waals surface area (Å²) in [5.41, 5.74) is 0. The summed E-state index contributed by atoms with van der Waals surface area (Å²) in [5.74, 6) is -2.53. The molecule has 10 unspecified atom stereocenters. The van der Waals surface area contributed by atoms with Gasteiger partial charge in [-0.15, -0.1) is 0 Å². The first-order chi connectivity index (χ1) is 12.6. The molecule has 13 nitrogen and oxygen atoms in total. The van der Waals surface area contributed by atoms with E-state index in [1.54, 1.807) is 0 Å². The molecule has 2 fully saturated rings. The van der Waals surface area contributed by atoms with Crippen molar-refractivity contribution in [2.24, 2.45) is 0 Å². The number of ether oxygens (including phenoxy) is 3. The molecule has 28 heavy (non-hydrogen) atoms. The number of carbonyl (C=O) groups excluding carboxylic acids is 2. The van der Waals surface area contributed by atoms with Gasteiger partial charge in [-0.2, -0.15) is 0 Å². The number of hydrogen-bond acceptors (Lipinski definition) is 12. The van der Waals surface area contributed by atoms with Crippen molar-refractivity contribution in [3.8, 4) is 0 Å². The van der Waals surface area contributed by atoms with Gasteiger partial charge in [0, 0.05) is 6.92 Å². The van der Waals surface area contributed by atoms with Crippen molar-refractivity contribution < 1.29 is 89.1 Å². The van der Waals surface area contributed by atoms with Crippen LogP contribution in [0.2, 0.25) is 0 Å². The normalized spacial score (nSPS) is 43.7. The number of carboxylic acid groups (broad SMARTS) is 1. The van der Waals surface area contributed by atoms with Crippen LogP contribution in [0.5, 0.6) is 0 Å². The van der Waals surface area contributed by atoms with Crippen LogP contribution in [0.25, 0.3) is 0 Å². The van der Waals surface area contributed by atoms with Crippen LogP contribution >= 0.6 is 0 Å². The Bertz CT molecular complexity index is 552. The fraction of sp³-hybridized carbons (Fsp3) is 0.857. The Morgan fingerprint density at radius 3 is 2.14 bits per heavy atom. The van der Waals surface area contributed by atoms with Crippen molar-refractivity contribution in [1.82, 2.24) is 5.32 Å². The number of aliphatic carboxylic acids is 1. The summed E-state index contributed by atoms with van der Waals surface area (Å²) in [7, 11) is 0. The first-order valence-corrected chi connectivity index (χ1v) is 8.04. The van der Waals surface area contributed by atoms with E-state index in [1.807, 2.05) is 0 Å². The predicted octanol–water partition coefficient (Wildman–Crippen LogP) is -9.49. The Morgan fingerprint density at radius 2 is 1.64 bits per heavy atom. The second kappa shape index (κ2) is 10.6. The summed E-state index contributed by atoms with van der Waals surface area (Å²) in [5, 5.41) is 72.2. The minimum atomic E-state index is -2.05. The number of hydrogen-bond donors (Lipinski definition) is 7. The molecular formula is C14H22NNaO12. The van der Waals surface area contributed by atoms with Gasteiger partial charge in [0.25, 0.3) is 0 Å². The largest absolute Gasteiger partial charge is 1.00 e. The summed E-state index contributed by atoms with van der Waals surface area (Å²) in [4.78, 5) is 22.4. The number of amides is 1. The smallest absolute Gasteiger partial charge is 0.547 e. The average molecular weight is 419 g/mol. The summed E-state index contributed by atoms with van der Waals surface area (Å²) < 4.78 is 15.2. The van der Waals surface area contributed by atoms with Gasteiger partial charge in [0.1, 0.15) is 48.8 Å². The second-order valence-corrected chi connectivity index (χ2v) is 6.28. The Labute approximate surface area is 181 Å². The van der Waals surface area contributed by atoms with Gasteiger partial charge in [-0.3, -0.25) is 4.79 Å². The monoisotopic (exact) mass is 419 g/mol. The van der Waals surface area contributed by atoms with E-state index in [9.17, 15) is 45.3 Å². The molecule has 0 bridgehead atoms. The standard InChI is InChI=1S/C14H23NO12.Na/c1-3(17)15-5-10(6(18)4(2-16)25-13(5)24)26-14-9(21)7(19)8(20)11(27-14)12(22)23;/h4-11,13-14,16,18-21,24H,2H2,1H3,(H,15,17)(H,22,23);/q;+1/p-1. The zero-order valence-electron chi connectivity index (χ0n) is 15.1. The third kappa shape index (κ3) is 5.38.